The minimum absolute atomic E-state index is 0.232. The van der Waals surface area contributed by atoms with Crippen LogP contribution < -0.4 is 5.32 Å². The molecule has 49 heavy (non-hydrogen) atoms. The molecule has 0 spiro atoms. The number of carbonyl (C=O) groups is 3. The van der Waals surface area contributed by atoms with Crippen LogP contribution in [0.5, 0.6) is 0 Å². The average molecular weight is 720 g/mol. The molecule has 19 nitrogen and oxygen atoms in total. The highest BCUT2D eigenvalue weighted by molar-refractivity contribution is 5.77. The van der Waals surface area contributed by atoms with Crippen LogP contribution in [0.2, 0.25) is 0 Å². The van der Waals surface area contributed by atoms with Crippen LogP contribution >= 0.6 is 0 Å². The zero-order chi connectivity index (χ0) is 35.7. The maximum atomic E-state index is 11.4. The lowest BCUT2D eigenvalue weighted by Gasteiger charge is -2.09. The molecule has 0 saturated carbocycles. The third-order valence-electron chi connectivity index (χ3n) is 5.34. The second kappa shape index (κ2) is 40.3. The zero-order valence-corrected chi connectivity index (χ0v) is 28.5. The fourth-order valence-corrected chi connectivity index (χ4v) is 3.12. The first-order valence-electron chi connectivity index (χ1n) is 16.2. The summed E-state index contributed by atoms with van der Waals surface area (Å²) in [5.41, 5.74) is 0. The molecule has 0 aliphatic rings. The van der Waals surface area contributed by atoms with Gasteiger partial charge in [-0.2, -0.15) is 0 Å². The fourth-order valence-electron chi connectivity index (χ4n) is 3.12. The van der Waals surface area contributed by atoms with Gasteiger partial charge in [0.1, 0.15) is 19.8 Å². The smallest absolute Gasteiger partial charge is 0.329 e. The van der Waals surface area contributed by atoms with E-state index in [9.17, 15) is 14.4 Å². The van der Waals surface area contributed by atoms with E-state index >= 15 is 0 Å². The minimum Gasteiger partial charge on any atom is -0.480 e. The van der Waals surface area contributed by atoms with E-state index in [1.165, 1.54) is 0 Å². The Hall–Kier alpha value is -2.11. The summed E-state index contributed by atoms with van der Waals surface area (Å²) in [6.07, 6.45) is 0. The van der Waals surface area contributed by atoms with E-state index in [4.69, 9.17) is 67.1 Å². The largest absolute Gasteiger partial charge is 0.480 e. The van der Waals surface area contributed by atoms with Gasteiger partial charge in [-0.15, -0.1) is 0 Å². The quantitative estimate of drug-likeness (QED) is 0.0610. The molecule has 1 amide bonds. The van der Waals surface area contributed by atoms with Gasteiger partial charge < -0.3 is 77.1 Å². The second-order valence-corrected chi connectivity index (χ2v) is 9.42. The summed E-state index contributed by atoms with van der Waals surface area (Å²) in [4.78, 5) is 31.9. The summed E-state index contributed by atoms with van der Waals surface area (Å²) < 4.78 is 68.8. The van der Waals surface area contributed by atoms with Crippen molar-refractivity contribution in [2.75, 3.05) is 178 Å². The van der Waals surface area contributed by atoms with Gasteiger partial charge in [-0.1, -0.05) is 0 Å². The molecular weight excluding hydrogens is 662 g/mol. The first kappa shape index (κ1) is 46.9. The summed E-state index contributed by atoms with van der Waals surface area (Å²) >= 11 is 0. The van der Waals surface area contributed by atoms with E-state index in [1.807, 2.05) is 0 Å². The van der Waals surface area contributed by atoms with Crippen molar-refractivity contribution in [1.29, 1.82) is 0 Å². The summed E-state index contributed by atoms with van der Waals surface area (Å²) in [5.74, 6) is -2.54. The molecule has 0 aromatic carbocycles. The number of amides is 1. The summed E-state index contributed by atoms with van der Waals surface area (Å²) in [6.45, 7) is 8.90. The summed E-state index contributed by atoms with van der Waals surface area (Å²) in [6, 6.07) is 0. The molecule has 0 fully saturated rings. The van der Waals surface area contributed by atoms with E-state index in [0.29, 0.717) is 152 Å². The third kappa shape index (κ3) is 43.9. The minimum atomic E-state index is -1.13. The van der Waals surface area contributed by atoms with Crippen LogP contribution in [0.1, 0.15) is 0 Å². The number of aliphatic carboxylic acids is 2. The zero-order valence-electron chi connectivity index (χ0n) is 28.5. The number of nitrogens with one attached hydrogen (secondary N) is 1. The molecule has 19 heteroatoms. The van der Waals surface area contributed by atoms with Crippen molar-refractivity contribution < 1.29 is 86.2 Å². The topological polar surface area (TPSA) is 224 Å². The van der Waals surface area contributed by atoms with Gasteiger partial charge in [0.25, 0.3) is 0 Å². The number of ether oxygens (including phenoxy) is 13. The number of carboxylic acid groups (broad SMARTS) is 2. The predicted molar refractivity (Wildman–Crippen MR) is 169 cm³/mol. The molecule has 0 rings (SSSR count). The van der Waals surface area contributed by atoms with Crippen LogP contribution in [0.15, 0.2) is 0 Å². The first-order valence-corrected chi connectivity index (χ1v) is 16.2. The highest BCUT2D eigenvalue weighted by Crippen LogP contribution is 1.87. The molecule has 290 valence electrons. The molecule has 0 saturated heterocycles. The standard InChI is InChI=1S/C30H57NO18/c32-28(25-49-27-30(35)36)31-1-2-37-3-4-38-5-6-39-7-8-40-9-10-41-11-12-42-13-14-43-15-16-44-17-18-45-19-20-46-21-22-47-23-24-48-26-29(33)34/h1-27H2,(H,31,32)(H,33,34)(H,35,36). The Labute approximate surface area is 287 Å². The molecular formula is C30H57NO18. The van der Waals surface area contributed by atoms with Crippen molar-refractivity contribution in [3.8, 4) is 0 Å². The van der Waals surface area contributed by atoms with Gasteiger partial charge in [0.2, 0.25) is 5.91 Å². The molecule has 0 aromatic rings. The number of rotatable bonds is 42. The van der Waals surface area contributed by atoms with E-state index in [0.717, 1.165) is 0 Å². The lowest BCUT2D eigenvalue weighted by Crippen LogP contribution is -2.31. The number of hydrogen-bond donors (Lipinski definition) is 3. The normalized spacial score (nSPS) is 11.3. The number of carboxylic acids is 2. The lowest BCUT2D eigenvalue weighted by molar-refractivity contribution is -0.144. The summed E-state index contributed by atoms with van der Waals surface area (Å²) in [5, 5.41) is 19.4. The Morgan fingerprint density at radius 1 is 0.306 bits per heavy atom. The highest BCUT2D eigenvalue weighted by Gasteiger charge is 2.03. The second-order valence-electron chi connectivity index (χ2n) is 9.42. The van der Waals surface area contributed by atoms with Gasteiger partial charge in [0.15, 0.2) is 0 Å². The Balaban J connectivity index is 3.09. The van der Waals surface area contributed by atoms with E-state index in [-0.39, 0.29) is 19.8 Å². The van der Waals surface area contributed by atoms with Crippen molar-refractivity contribution in [2.45, 2.75) is 0 Å². The van der Waals surface area contributed by atoms with E-state index < -0.39 is 24.5 Å². The van der Waals surface area contributed by atoms with Crippen LogP contribution in [0.25, 0.3) is 0 Å². The predicted octanol–water partition coefficient (Wildman–Crippen LogP) is -1.51. The van der Waals surface area contributed by atoms with Crippen LogP contribution in [0.4, 0.5) is 0 Å². The van der Waals surface area contributed by atoms with Crippen molar-refractivity contribution in [1.82, 2.24) is 5.32 Å². The van der Waals surface area contributed by atoms with Gasteiger partial charge in [-0.25, -0.2) is 9.59 Å². The molecule has 3 N–H and O–H groups in total. The average Bonchev–Trinajstić information content (AvgIpc) is 3.07. The van der Waals surface area contributed by atoms with Crippen LogP contribution in [0.3, 0.4) is 0 Å². The maximum absolute atomic E-state index is 11.4. The van der Waals surface area contributed by atoms with Crippen LogP contribution in [-0.4, -0.2) is 206 Å². The Kier molecular flexibility index (Phi) is 38.6. The fraction of sp³-hybridized carbons (Fsp3) is 0.900. The van der Waals surface area contributed by atoms with E-state index in [1.54, 1.807) is 0 Å². The van der Waals surface area contributed by atoms with Gasteiger partial charge in [0, 0.05) is 6.54 Å². The molecule has 0 bridgehead atoms. The number of carbonyl (C=O) groups excluding carboxylic acids is 1. The van der Waals surface area contributed by atoms with Gasteiger partial charge >= 0.3 is 11.9 Å². The number of hydrogen-bond acceptors (Lipinski definition) is 16. The summed E-state index contributed by atoms with van der Waals surface area (Å²) in [7, 11) is 0. The van der Waals surface area contributed by atoms with Crippen LogP contribution in [0, 0.1) is 0 Å². The van der Waals surface area contributed by atoms with Crippen molar-refractivity contribution in [2.24, 2.45) is 0 Å². The Morgan fingerprint density at radius 3 is 0.796 bits per heavy atom. The van der Waals surface area contributed by atoms with Crippen LogP contribution in [-0.2, 0) is 76.0 Å². The van der Waals surface area contributed by atoms with Gasteiger partial charge in [-0.05, 0) is 0 Å². The molecule has 0 aromatic heterocycles. The molecule has 0 radical (unpaired) electrons. The third-order valence-corrected chi connectivity index (χ3v) is 5.34. The molecule has 0 unspecified atom stereocenters. The molecule has 0 aliphatic carbocycles. The lowest BCUT2D eigenvalue weighted by atomic mass is 10.6. The van der Waals surface area contributed by atoms with Crippen molar-refractivity contribution in [3.63, 3.8) is 0 Å². The Morgan fingerprint density at radius 2 is 0.531 bits per heavy atom. The van der Waals surface area contributed by atoms with Gasteiger partial charge in [0.05, 0.1) is 152 Å². The SMILES string of the molecule is O=C(O)COCCOCCOCCOCCOCCOCCOCCOCCOCCOCCOCCOCCNC(=O)COCC(=O)O. The van der Waals surface area contributed by atoms with E-state index in [2.05, 4.69) is 10.1 Å². The molecule has 0 atom stereocenters. The van der Waals surface area contributed by atoms with Crippen molar-refractivity contribution >= 4 is 17.8 Å². The molecule has 0 aliphatic heterocycles. The highest BCUT2D eigenvalue weighted by atomic mass is 16.6. The molecule has 0 heterocycles. The Bertz CT molecular complexity index is 735. The maximum Gasteiger partial charge on any atom is 0.329 e. The van der Waals surface area contributed by atoms with Gasteiger partial charge in [-0.3, -0.25) is 4.79 Å². The monoisotopic (exact) mass is 719 g/mol. The van der Waals surface area contributed by atoms with Crippen molar-refractivity contribution in [3.05, 3.63) is 0 Å². The first-order chi connectivity index (χ1) is 24.0.